The molecule has 0 bridgehead atoms. The molecule has 30 heavy (non-hydrogen) atoms. The molecule has 142 valence electrons. The van der Waals surface area contributed by atoms with Gasteiger partial charge in [-0.05, 0) is 12.1 Å². The van der Waals surface area contributed by atoms with Gasteiger partial charge >= 0.3 is 0 Å². The number of aromatic nitrogens is 7. The van der Waals surface area contributed by atoms with E-state index in [1.54, 1.807) is 23.1 Å². The Balaban J connectivity index is 1.58. The standard InChI is InChI=1S/C22H13N7S/c1-2-6-14(7-3-1)18-12-16(15-8-4-5-9-17(15)25-18)21-28-29-20(26-27-22(29)30-21)19-13-23-10-11-24-19/h1-13H. The van der Waals surface area contributed by atoms with Gasteiger partial charge in [-0.3, -0.25) is 4.98 Å². The number of rotatable bonds is 3. The lowest BCUT2D eigenvalue weighted by Gasteiger charge is -2.08. The Morgan fingerprint density at radius 1 is 0.833 bits per heavy atom. The van der Waals surface area contributed by atoms with Crippen LogP contribution < -0.4 is 0 Å². The van der Waals surface area contributed by atoms with Gasteiger partial charge in [0.15, 0.2) is 0 Å². The van der Waals surface area contributed by atoms with Crippen molar-refractivity contribution in [3.05, 3.63) is 79.3 Å². The summed E-state index contributed by atoms with van der Waals surface area (Å²) in [4.78, 5) is 14.0. The molecule has 0 saturated heterocycles. The number of benzene rings is 2. The maximum absolute atomic E-state index is 4.86. The van der Waals surface area contributed by atoms with Crippen LogP contribution in [0.2, 0.25) is 0 Å². The van der Waals surface area contributed by atoms with Gasteiger partial charge in [0.2, 0.25) is 10.8 Å². The number of hydrogen-bond acceptors (Lipinski definition) is 7. The van der Waals surface area contributed by atoms with Crippen molar-refractivity contribution < 1.29 is 0 Å². The largest absolute Gasteiger partial charge is 0.261 e. The predicted molar refractivity (Wildman–Crippen MR) is 116 cm³/mol. The lowest BCUT2D eigenvalue weighted by molar-refractivity contribution is 0.958. The van der Waals surface area contributed by atoms with E-state index in [1.807, 2.05) is 36.4 Å². The molecule has 7 nitrogen and oxygen atoms in total. The van der Waals surface area contributed by atoms with E-state index in [4.69, 9.17) is 10.1 Å². The zero-order valence-corrected chi connectivity index (χ0v) is 16.4. The third kappa shape index (κ3) is 2.73. The molecule has 0 fully saturated rings. The highest BCUT2D eigenvalue weighted by Gasteiger charge is 2.18. The van der Waals surface area contributed by atoms with E-state index in [1.165, 1.54) is 11.3 Å². The Morgan fingerprint density at radius 3 is 2.57 bits per heavy atom. The van der Waals surface area contributed by atoms with Gasteiger partial charge in [-0.1, -0.05) is 59.9 Å². The minimum atomic E-state index is 0.572. The molecule has 0 aliphatic carbocycles. The molecule has 0 unspecified atom stereocenters. The van der Waals surface area contributed by atoms with E-state index in [-0.39, 0.29) is 0 Å². The van der Waals surface area contributed by atoms with Crippen molar-refractivity contribution in [1.82, 2.24) is 34.8 Å². The van der Waals surface area contributed by atoms with Crippen molar-refractivity contribution in [3.8, 4) is 33.3 Å². The second-order valence-electron chi connectivity index (χ2n) is 6.65. The van der Waals surface area contributed by atoms with Gasteiger partial charge in [0.1, 0.15) is 10.7 Å². The molecule has 2 aromatic carbocycles. The van der Waals surface area contributed by atoms with Gasteiger partial charge in [0, 0.05) is 28.9 Å². The summed E-state index contributed by atoms with van der Waals surface area (Å²) in [5.74, 6) is 0.572. The first-order chi connectivity index (χ1) is 14.9. The van der Waals surface area contributed by atoms with Gasteiger partial charge in [-0.2, -0.15) is 9.61 Å². The first-order valence-electron chi connectivity index (χ1n) is 9.31. The maximum atomic E-state index is 4.86. The molecule has 4 aromatic heterocycles. The minimum Gasteiger partial charge on any atom is -0.261 e. The molecule has 6 aromatic rings. The number of para-hydroxylation sites is 1. The normalized spacial score (nSPS) is 11.3. The van der Waals surface area contributed by atoms with Crippen LogP contribution in [0.25, 0.3) is 49.2 Å². The van der Waals surface area contributed by atoms with Crippen molar-refractivity contribution in [2.24, 2.45) is 0 Å². The summed E-state index contributed by atoms with van der Waals surface area (Å²) in [5, 5.41) is 15.2. The summed E-state index contributed by atoms with van der Waals surface area (Å²) >= 11 is 1.49. The number of fused-ring (bicyclic) bond motifs is 2. The molecule has 4 heterocycles. The van der Waals surface area contributed by atoms with E-state index in [0.29, 0.717) is 16.5 Å². The highest BCUT2D eigenvalue weighted by atomic mass is 32.1. The summed E-state index contributed by atoms with van der Waals surface area (Å²) in [6.07, 6.45) is 4.92. The summed E-state index contributed by atoms with van der Waals surface area (Å²) < 4.78 is 1.72. The number of pyridine rings is 1. The van der Waals surface area contributed by atoms with Gasteiger partial charge < -0.3 is 0 Å². The molecule has 0 N–H and O–H groups in total. The second kappa shape index (κ2) is 6.78. The van der Waals surface area contributed by atoms with Crippen molar-refractivity contribution in [1.29, 1.82) is 0 Å². The predicted octanol–water partition coefficient (Wildman–Crippen LogP) is 4.53. The Bertz CT molecular complexity index is 1490. The van der Waals surface area contributed by atoms with Crippen LogP contribution >= 0.6 is 11.3 Å². The number of nitrogens with zero attached hydrogens (tertiary/aromatic N) is 7. The van der Waals surface area contributed by atoms with E-state index in [9.17, 15) is 0 Å². The SMILES string of the molecule is c1ccc(-c2cc(-c3nn4c(-c5cnccn5)nnc4s3)c3ccccc3n2)cc1. The van der Waals surface area contributed by atoms with Crippen LogP contribution in [0.5, 0.6) is 0 Å². The van der Waals surface area contributed by atoms with E-state index < -0.39 is 0 Å². The van der Waals surface area contributed by atoms with Crippen LogP contribution in [0, 0.1) is 0 Å². The first-order valence-corrected chi connectivity index (χ1v) is 10.1. The molecule has 8 heteroatoms. The zero-order valence-electron chi connectivity index (χ0n) is 15.5. The van der Waals surface area contributed by atoms with Gasteiger partial charge in [0.05, 0.1) is 17.4 Å². The van der Waals surface area contributed by atoms with E-state index in [0.717, 1.165) is 32.7 Å². The van der Waals surface area contributed by atoms with Gasteiger partial charge in [-0.15, -0.1) is 10.2 Å². The van der Waals surface area contributed by atoms with Crippen LogP contribution in [0.4, 0.5) is 0 Å². The Kier molecular flexibility index (Phi) is 3.82. The monoisotopic (exact) mass is 407 g/mol. The van der Waals surface area contributed by atoms with Crippen LogP contribution in [0.15, 0.2) is 79.3 Å². The Labute approximate surface area is 174 Å². The Morgan fingerprint density at radius 2 is 1.70 bits per heavy atom. The molecule has 0 amide bonds. The lowest BCUT2D eigenvalue weighted by Crippen LogP contribution is -1.94. The first kappa shape index (κ1) is 16.9. The molecular formula is C22H13N7S. The smallest absolute Gasteiger partial charge is 0.235 e. The molecular weight excluding hydrogens is 394 g/mol. The second-order valence-corrected chi connectivity index (χ2v) is 7.61. The summed E-state index contributed by atoms with van der Waals surface area (Å²) in [5.41, 5.74) is 4.54. The van der Waals surface area contributed by atoms with Crippen LogP contribution in [-0.4, -0.2) is 34.8 Å². The molecule has 0 aliphatic heterocycles. The summed E-state index contributed by atoms with van der Waals surface area (Å²) in [7, 11) is 0. The van der Waals surface area contributed by atoms with Crippen molar-refractivity contribution >= 4 is 27.2 Å². The van der Waals surface area contributed by atoms with Crippen molar-refractivity contribution in [2.75, 3.05) is 0 Å². The van der Waals surface area contributed by atoms with Gasteiger partial charge in [0.25, 0.3) is 0 Å². The lowest BCUT2D eigenvalue weighted by atomic mass is 10.0. The zero-order chi connectivity index (χ0) is 19.9. The molecule has 0 aliphatic rings. The molecule has 0 radical (unpaired) electrons. The fraction of sp³-hybridized carbons (Fsp3) is 0. The minimum absolute atomic E-state index is 0.572. The topological polar surface area (TPSA) is 81.8 Å². The van der Waals surface area contributed by atoms with Crippen LogP contribution in [0.3, 0.4) is 0 Å². The van der Waals surface area contributed by atoms with E-state index >= 15 is 0 Å². The average Bonchev–Trinajstić information content (AvgIpc) is 3.40. The fourth-order valence-corrected chi connectivity index (χ4v) is 4.28. The van der Waals surface area contributed by atoms with Crippen molar-refractivity contribution in [3.63, 3.8) is 0 Å². The quantitative estimate of drug-likeness (QED) is 0.429. The highest BCUT2D eigenvalue weighted by molar-refractivity contribution is 7.20. The Hall–Kier alpha value is -4.04. The molecule has 6 rings (SSSR count). The molecule has 0 atom stereocenters. The van der Waals surface area contributed by atoms with Crippen LogP contribution in [-0.2, 0) is 0 Å². The van der Waals surface area contributed by atoms with Crippen LogP contribution in [0.1, 0.15) is 0 Å². The molecule has 0 saturated carbocycles. The third-order valence-electron chi connectivity index (χ3n) is 4.80. The fourth-order valence-electron chi connectivity index (χ4n) is 3.41. The summed E-state index contributed by atoms with van der Waals surface area (Å²) in [6.45, 7) is 0. The maximum Gasteiger partial charge on any atom is 0.235 e. The van der Waals surface area contributed by atoms with Crippen molar-refractivity contribution in [2.45, 2.75) is 0 Å². The summed E-state index contributed by atoms with van der Waals surface area (Å²) in [6, 6.07) is 20.4. The molecule has 0 spiro atoms. The van der Waals surface area contributed by atoms with E-state index in [2.05, 4.69) is 44.4 Å². The number of hydrogen-bond donors (Lipinski definition) is 0. The van der Waals surface area contributed by atoms with Gasteiger partial charge in [-0.25, -0.2) is 9.97 Å². The third-order valence-corrected chi connectivity index (χ3v) is 5.73. The average molecular weight is 407 g/mol. The highest BCUT2D eigenvalue weighted by Crippen LogP contribution is 2.35.